The number of hydrogen-bond acceptors (Lipinski definition) is 4. The van der Waals surface area contributed by atoms with Gasteiger partial charge in [-0.25, -0.2) is 8.42 Å². The fourth-order valence-electron chi connectivity index (χ4n) is 1.09. The molecule has 16 heavy (non-hydrogen) atoms. The topological polar surface area (TPSA) is 81.4 Å². The van der Waals surface area contributed by atoms with Crippen LogP contribution in [0, 0.1) is 0 Å². The van der Waals surface area contributed by atoms with Crippen LogP contribution in [0.4, 0.5) is 5.69 Å². The third-order valence-electron chi connectivity index (χ3n) is 1.91. The molecule has 0 radical (unpaired) electrons. The molecule has 3 N–H and O–H groups in total. The van der Waals surface area contributed by atoms with Crippen LogP contribution in [0.3, 0.4) is 0 Å². The van der Waals surface area contributed by atoms with Crippen LogP contribution < -0.4 is 15.2 Å². The van der Waals surface area contributed by atoms with E-state index in [-0.39, 0.29) is 5.75 Å². The van der Waals surface area contributed by atoms with Gasteiger partial charge in [-0.1, -0.05) is 12.1 Å². The highest BCUT2D eigenvalue weighted by Crippen LogP contribution is 2.24. The molecule has 1 rings (SSSR count). The molecule has 0 aliphatic rings. The van der Waals surface area contributed by atoms with Crippen LogP contribution in [0.2, 0.25) is 0 Å². The van der Waals surface area contributed by atoms with E-state index in [0.29, 0.717) is 24.6 Å². The predicted molar refractivity (Wildman–Crippen MR) is 64.1 cm³/mol. The van der Waals surface area contributed by atoms with Gasteiger partial charge in [0.2, 0.25) is 10.0 Å². The van der Waals surface area contributed by atoms with Crippen LogP contribution in [0.5, 0.6) is 5.75 Å². The second-order valence-corrected chi connectivity index (χ2v) is 5.15. The van der Waals surface area contributed by atoms with Gasteiger partial charge in [-0.3, -0.25) is 4.72 Å². The first-order valence-electron chi connectivity index (χ1n) is 5.01. The van der Waals surface area contributed by atoms with Gasteiger partial charge in [-0.05, 0) is 19.1 Å². The van der Waals surface area contributed by atoms with Crippen molar-refractivity contribution in [2.24, 2.45) is 5.73 Å². The molecule has 0 amide bonds. The summed E-state index contributed by atoms with van der Waals surface area (Å²) in [6, 6.07) is 6.86. The zero-order chi connectivity index (χ0) is 12.0. The van der Waals surface area contributed by atoms with E-state index in [1.165, 1.54) is 0 Å². The molecular formula is C10H16N2O3S. The van der Waals surface area contributed by atoms with E-state index >= 15 is 0 Å². The van der Waals surface area contributed by atoms with Gasteiger partial charge in [0.15, 0.2) is 0 Å². The molecule has 0 heterocycles. The Morgan fingerprint density at radius 1 is 1.38 bits per heavy atom. The quantitative estimate of drug-likeness (QED) is 0.775. The van der Waals surface area contributed by atoms with E-state index in [0.717, 1.165) is 0 Å². The van der Waals surface area contributed by atoms with Crippen molar-refractivity contribution in [3.05, 3.63) is 24.3 Å². The maximum atomic E-state index is 11.4. The summed E-state index contributed by atoms with van der Waals surface area (Å²) < 4.78 is 30.6. The SMILES string of the molecule is CCS(=O)(=O)Nc1ccccc1OCCN. The van der Waals surface area contributed by atoms with Crippen molar-refractivity contribution in [3.8, 4) is 5.75 Å². The molecular weight excluding hydrogens is 228 g/mol. The van der Waals surface area contributed by atoms with Gasteiger partial charge in [0.05, 0.1) is 11.4 Å². The number of hydrogen-bond donors (Lipinski definition) is 2. The average molecular weight is 244 g/mol. The third kappa shape index (κ3) is 3.71. The second kappa shape index (κ2) is 5.72. The van der Waals surface area contributed by atoms with E-state index in [9.17, 15) is 8.42 Å². The van der Waals surface area contributed by atoms with E-state index in [1.807, 2.05) is 0 Å². The Bertz CT molecular complexity index is 431. The van der Waals surface area contributed by atoms with Crippen LogP contribution in [0.1, 0.15) is 6.92 Å². The number of anilines is 1. The van der Waals surface area contributed by atoms with Gasteiger partial charge >= 0.3 is 0 Å². The van der Waals surface area contributed by atoms with Crippen molar-refractivity contribution in [2.45, 2.75) is 6.92 Å². The van der Waals surface area contributed by atoms with Crippen LogP contribution in [-0.4, -0.2) is 27.3 Å². The van der Waals surface area contributed by atoms with Gasteiger partial charge in [-0.15, -0.1) is 0 Å². The summed E-state index contributed by atoms with van der Waals surface area (Å²) in [5.41, 5.74) is 5.76. The van der Waals surface area contributed by atoms with Crippen LogP contribution >= 0.6 is 0 Å². The number of para-hydroxylation sites is 2. The normalized spacial score (nSPS) is 11.1. The van der Waals surface area contributed by atoms with E-state index in [1.54, 1.807) is 31.2 Å². The van der Waals surface area contributed by atoms with Crippen LogP contribution in [-0.2, 0) is 10.0 Å². The molecule has 0 aromatic heterocycles. The number of rotatable bonds is 6. The number of benzene rings is 1. The first kappa shape index (κ1) is 12.8. The summed E-state index contributed by atoms with van der Waals surface area (Å²) in [5, 5.41) is 0. The molecule has 0 spiro atoms. The Hall–Kier alpha value is -1.27. The van der Waals surface area contributed by atoms with Crippen molar-refractivity contribution in [3.63, 3.8) is 0 Å². The fraction of sp³-hybridized carbons (Fsp3) is 0.400. The largest absolute Gasteiger partial charge is 0.490 e. The standard InChI is InChI=1S/C10H16N2O3S/c1-2-16(13,14)12-9-5-3-4-6-10(9)15-8-7-11/h3-6,12H,2,7-8,11H2,1H3. The molecule has 5 nitrogen and oxygen atoms in total. The highest BCUT2D eigenvalue weighted by Gasteiger charge is 2.10. The molecule has 0 aliphatic carbocycles. The van der Waals surface area contributed by atoms with Crippen molar-refractivity contribution >= 4 is 15.7 Å². The molecule has 0 bridgehead atoms. The van der Waals surface area contributed by atoms with E-state index < -0.39 is 10.0 Å². The van der Waals surface area contributed by atoms with Gasteiger partial charge in [0.1, 0.15) is 12.4 Å². The summed E-state index contributed by atoms with van der Waals surface area (Å²) in [6.45, 7) is 2.31. The number of nitrogens with two attached hydrogens (primary N) is 1. The maximum Gasteiger partial charge on any atom is 0.232 e. The minimum Gasteiger partial charge on any atom is -0.490 e. The Morgan fingerprint density at radius 3 is 2.69 bits per heavy atom. The molecule has 0 atom stereocenters. The van der Waals surface area contributed by atoms with Gasteiger partial charge in [0.25, 0.3) is 0 Å². The van der Waals surface area contributed by atoms with Gasteiger partial charge in [-0.2, -0.15) is 0 Å². The lowest BCUT2D eigenvalue weighted by Gasteiger charge is -2.12. The lowest BCUT2D eigenvalue weighted by Crippen LogP contribution is -2.16. The Kier molecular flexibility index (Phi) is 4.57. The lowest BCUT2D eigenvalue weighted by atomic mass is 10.3. The van der Waals surface area contributed by atoms with Crippen LogP contribution in [0.25, 0.3) is 0 Å². The lowest BCUT2D eigenvalue weighted by molar-refractivity contribution is 0.330. The molecule has 0 aliphatic heterocycles. The summed E-state index contributed by atoms with van der Waals surface area (Å²) >= 11 is 0. The smallest absolute Gasteiger partial charge is 0.232 e. The Morgan fingerprint density at radius 2 is 2.06 bits per heavy atom. The third-order valence-corrected chi connectivity index (χ3v) is 3.20. The van der Waals surface area contributed by atoms with Crippen molar-refractivity contribution in [1.82, 2.24) is 0 Å². The molecule has 1 aromatic carbocycles. The zero-order valence-electron chi connectivity index (χ0n) is 9.14. The minimum absolute atomic E-state index is 0.0260. The van der Waals surface area contributed by atoms with Crippen molar-refractivity contribution in [1.29, 1.82) is 0 Å². The number of ether oxygens (including phenoxy) is 1. The number of sulfonamides is 1. The second-order valence-electron chi connectivity index (χ2n) is 3.14. The van der Waals surface area contributed by atoms with Crippen LogP contribution in [0.15, 0.2) is 24.3 Å². The summed E-state index contributed by atoms with van der Waals surface area (Å²) in [4.78, 5) is 0. The monoisotopic (exact) mass is 244 g/mol. The first-order valence-corrected chi connectivity index (χ1v) is 6.66. The van der Waals surface area contributed by atoms with E-state index in [2.05, 4.69) is 4.72 Å². The first-order chi connectivity index (χ1) is 7.59. The molecule has 1 aromatic rings. The molecule has 0 fully saturated rings. The average Bonchev–Trinajstić information content (AvgIpc) is 2.27. The predicted octanol–water partition coefficient (Wildman–Crippen LogP) is 0.786. The molecule has 90 valence electrons. The van der Waals surface area contributed by atoms with E-state index in [4.69, 9.17) is 10.5 Å². The summed E-state index contributed by atoms with van der Waals surface area (Å²) in [5.74, 6) is 0.517. The fourth-order valence-corrected chi connectivity index (χ4v) is 1.73. The zero-order valence-corrected chi connectivity index (χ0v) is 9.96. The molecule has 6 heteroatoms. The Labute approximate surface area is 95.7 Å². The highest BCUT2D eigenvalue weighted by atomic mass is 32.2. The summed E-state index contributed by atoms with van der Waals surface area (Å²) in [7, 11) is -3.28. The van der Waals surface area contributed by atoms with Crippen molar-refractivity contribution in [2.75, 3.05) is 23.6 Å². The van der Waals surface area contributed by atoms with Gasteiger partial charge < -0.3 is 10.5 Å². The highest BCUT2D eigenvalue weighted by molar-refractivity contribution is 7.92. The number of nitrogens with one attached hydrogen (secondary N) is 1. The molecule has 0 unspecified atom stereocenters. The summed E-state index contributed by atoms with van der Waals surface area (Å²) in [6.07, 6.45) is 0. The maximum absolute atomic E-state index is 11.4. The van der Waals surface area contributed by atoms with Gasteiger partial charge in [0, 0.05) is 6.54 Å². The Balaban J connectivity index is 2.86. The molecule has 0 saturated heterocycles. The minimum atomic E-state index is -3.28. The molecule has 0 saturated carbocycles. The van der Waals surface area contributed by atoms with Crippen molar-refractivity contribution < 1.29 is 13.2 Å².